The highest BCUT2D eigenvalue weighted by atomic mass is 19.1. The van der Waals surface area contributed by atoms with Crippen LogP contribution in [0.4, 0.5) is 10.1 Å². The van der Waals surface area contributed by atoms with Crippen LogP contribution < -0.4 is 5.73 Å². The molecule has 0 aromatic heterocycles. The summed E-state index contributed by atoms with van der Waals surface area (Å²) in [7, 11) is 0. The molecule has 0 atom stereocenters. The first kappa shape index (κ1) is 10.7. The van der Waals surface area contributed by atoms with Crippen LogP contribution in [0.15, 0.2) is 18.2 Å². The average molecular weight is 236 g/mol. The Morgan fingerprint density at radius 2 is 1.94 bits per heavy atom. The van der Waals surface area contributed by atoms with Gasteiger partial charge in [-0.15, -0.1) is 0 Å². The largest absolute Gasteiger partial charge is 0.324 e. The number of nitrogens with zero attached hydrogens (tertiary/aromatic N) is 1. The van der Waals surface area contributed by atoms with Gasteiger partial charge in [0.1, 0.15) is 5.82 Å². The maximum Gasteiger partial charge on any atom is 0.272 e. The van der Waals surface area contributed by atoms with E-state index < -0.39 is 10.7 Å². The monoisotopic (exact) mass is 236 g/mol. The van der Waals surface area contributed by atoms with Crippen LogP contribution in [-0.4, -0.2) is 10.5 Å². The molecule has 2 saturated carbocycles. The van der Waals surface area contributed by atoms with Crippen molar-refractivity contribution < 1.29 is 9.31 Å². The molecule has 90 valence electrons. The summed E-state index contributed by atoms with van der Waals surface area (Å²) in [5.74, 6) is -0.492. The second-order valence-corrected chi connectivity index (χ2v) is 5.16. The van der Waals surface area contributed by atoms with Gasteiger partial charge >= 0.3 is 0 Å². The highest BCUT2D eigenvalue weighted by molar-refractivity contribution is 5.45. The van der Waals surface area contributed by atoms with E-state index in [0.717, 1.165) is 31.7 Å². The van der Waals surface area contributed by atoms with Crippen molar-refractivity contribution in [3.8, 4) is 0 Å². The third-order valence-corrected chi connectivity index (χ3v) is 4.17. The summed E-state index contributed by atoms with van der Waals surface area (Å²) < 4.78 is 13.9. The summed E-state index contributed by atoms with van der Waals surface area (Å²) in [5, 5.41) is 10.6. The molecular weight excluding hydrogens is 223 g/mol. The Labute approximate surface area is 97.8 Å². The summed E-state index contributed by atoms with van der Waals surface area (Å²) in [6, 6.07) is 3.90. The standard InChI is InChI=1S/C12H13FN2O2/c13-10-7-8(15(16)17)1-2-9(10)11(3-4-11)12(14)5-6-12/h1-2,7H,3-6,14H2. The van der Waals surface area contributed by atoms with E-state index in [-0.39, 0.29) is 16.6 Å². The topological polar surface area (TPSA) is 69.2 Å². The molecule has 0 radical (unpaired) electrons. The molecule has 2 aliphatic carbocycles. The smallest absolute Gasteiger partial charge is 0.272 e. The van der Waals surface area contributed by atoms with Crippen LogP contribution >= 0.6 is 0 Å². The molecule has 1 aromatic carbocycles. The third-order valence-electron chi connectivity index (χ3n) is 4.17. The van der Waals surface area contributed by atoms with Crippen LogP contribution in [0.3, 0.4) is 0 Å². The van der Waals surface area contributed by atoms with Gasteiger partial charge in [0.2, 0.25) is 0 Å². The summed E-state index contributed by atoms with van der Waals surface area (Å²) in [4.78, 5) is 9.97. The maximum absolute atomic E-state index is 13.9. The Hall–Kier alpha value is -1.49. The SMILES string of the molecule is NC1(C2(c3ccc([N+](=O)[O-])cc3F)CC2)CC1. The lowest BCUT2D eigenvalue weighted by atomic mass is 9.86. The molecular formula is C12H13FN2O2. The summed E-state index contributed by atoms with van der Waals surface area (Å²) >= 11 is 0. The Morgan fingerprint density at radius 3 is 2.35 bits per heavy atom. The van der Waals surface area contributed by atoms with Gasteiger partial charge in [-0.25, -0.2) is 4.39 Å². The highest BCUT2D eigenvalue weighted by Crippen LogP contribution is 2.64. The van der Waals surface area contributed by atoms with Gasteiger partial charge in [0, 0.05) is 17.0 Å². The molecule has 2 fully saturated rings. The van der Waals surface area contributed by atoms with Gasteiger partial charge in [0.05, 0.1) is 11.0 Å². The van der Waals surface area contributed by atoms with E-state index in [1.54, 1.807) is 0 Å². The van der Waals surface area contributed by atoms with Crippen LogP contribution in [0.25, 0.3) is 0 Å². The maximum atomic E-state index is 13.9. The number of nitrogens with two attached hydrogens (primary N) is 1. The van der Waals surface area contributed by atoms with Crippen molar-refractivity contribution in [1.29, 1.82) is 0 Å². The number of non-ortho nitro benzene ring substituents is 1. The highest BCUT2D eigenvalue weighted by Gasteiger charge is 2.64. The average Bonchev–Trinajstić information content (AvgIpc) is 3.14. The fourth-order valence-electron chi connectivity index (χ4n) is 2.78. The van der Waals surface area contributed by atoms with Gasteiger partial charge in [-0.3, -0.25) is 10.1 Å². The van der Waals surface area contributed by atoms with E-state index >= 15 is 0 Å². The van der Waals surface area contributed by atoms with Gasteiger partial charge in [0.15, 0.2) is 0 Å². The van der Waals surface area contributed by atoms with Gasteiger partial charge in [-0.2, -0.15) is 0 Å². The molecule has 3 rings (SSSR count). The fourth-order valence-corrected chi connectivity index (χ4v) is 2.78. The lowest BCUT2D eigenvalue weighted by Crippen LogP contribution is -2.37. The predicted molar refractivity (Wildman–Crippen MR) is 60.1 cm³/mol. The van der Waals surface area contributed by atoms with Gasteiger partial charge in [0.25, 0.3) is 5.69 Å². The zero-order chi connectivity index (χ0) is 12.3. The molecule has 17 heavy (non-hydrogen) atoms. The molecule has 0 aliphatic heterocycles. The molecule has 0 spiro atoms. The van der Waals surface area contributed by atoms with Crippen molar-refractivity contribution in [2.24, 2.45) is 5.73 Å². The van der Waals surface area contributed by atoms with Crippen LogP contribution in [0.1, 0.15) is 31.2 Å². The zero-order valence-electron chi connectivity index (χ0n) is 9.28. The summed E-state index contributed by atoms with van der Waals surface area (Å²) in [5.41, 5.74) is 6.01. The normalized spacial score (nSPS) is 23.2. The fraction of sp³-hybridized carbons (Fsp3) is 0.500. The van der Waals surface area contributed by atoms with Crippen molar-refractivity contribution in [3.63, 3.8) is 0 Å². The predicted octanol–water partition coefficient (Wildman–Crippen LogP) is 2.26. The number of benzene rings is 1. The first-order chi connectivity index (χ1) is 7.98. The van der Waals surface area contributed by atoms with Gasteiger partial charge < -0.3 is 5.73 Å². The second kappa shape index (κ2) is 3.04. The van der Waals surface area contributed by atoms with Crippen LogP contribution in [0.2, 0.25) is 0 Å². The molecule has 2 N–H and O–H groups in total. The number of rotatable bonds is 3. The van der Waals surface area contributed by atoms with E-state index in [1.165, 1.54) is 12.1 Å². The first-order valence-electron chi connectivity index (χ1n) is 5.72. The van der Waals surface area contributed by atoms with Gasteiger partial charge in [-0.1, -0.05) is 0 Å². The van der Waals surface area contributed by atoms with E-state index in [0.29, 0.717) is 5.56 Å². The molecule has 2 aliphatic rings. The minimum Gasteiger partial charge on any atom is -0.324 e. The summed E-state index contributed by atoms with van der Waals surface area (Å²) in [6.45, 7) is 0. The lowest BCUT2D eigenvalue weighted by Gasteiger charge is -2.23. The Kier molecular flexibility index (Phi) is 1.91. The van der Waals surface area contributed by atoms with E-state index in [2.05, 4.69) is 0 Å². The molecule has 1 aromatic rings. The van der Waals surface area contributed by atoms with Crippen molar-refractivity contribution in [3.05, 3.63) is 39.7 Å². The Morgan fingerprint density at radius 1 is 1.29 bits per heavy atom. The van der Waals surface area contributed by atoms with E-state index in [9.17, 15) is 14.5 Å². The quantitative estimate of drug-likeness (QED) is 0.646. The molecule has 0 unspecified atom stereocenters. The van der Waals surface area contributed by atoms with Crippen molar-refractivity contribution in [2.45, 2.75) is 36.6 Å². The van der Waals surface area contributed by atoms with Crippen molar-refractivity contribution in [2.75, 3.05) is 0 Å². The minimum atomic E-state index is -0.582. The first-order valence-corrected chi connectivity index (χ1v) is 5.72. The zero-order valence-corrected chi connectivity index (χ0v) is 9.28. The number of nitro benzene ring substituents is 1. The van der Waals surface area contributed by atoms with Crippen molar-refractivity contribution in [1.82, 2.24) is 0 Å². The summed E-state index contributed by atoms with van der Waals surface area (Å²) in [6.07, 6.45) is 3.61. The van der Waals surface area contributed by atoms with E-state index in [1.807, 2.05) is 0 Å². The van der Waals surface area contributed by atoms with Crippen LogP contribution in [-0.2, 0) is 5.41 Å². The van der Waals surface area contributed by atoms with Crippen LogP contribution in [0, 0.1) is 15.9 Å². The molecule has 5 heteroatoms. The molecule has 0 amide bonds. The molecule has 0 saturated heterocycles. The van der Waals surface area contributed by atoms with E-state index in [4.69, 9.17) is 5.73 Å². The van der Waals surface area contributed by atoms with Crippen LogP contribution in [0.5, 0.6) is 0 Å². The van der Waals surface area contributed by atoms with Gasteiger partial charge in [-0.05, 0) is 37.3 Å². The van der Waals surface area contributed by atoms with Crippen molar-refractivity contribution >= 4 is 5.69 Å². The number of halogens is 1. The number of hydrogen-bond donors (Lipinski definition) is 1. The minimum absolute atomic E-state index is 0.205. The molecule has 0 bridgehead atoms. The molecule has 0 heterocycles. The Bertz CT molecular complexity index is 507. The lowest BCUT2D eigenvalue weighted by molar-refractivity contribution is -0.385. The second-order valence-electron chi connectivity index (χ2n) is 5.16. The number of nitro groups is 1. The number of hydrogen-bond acceptors (Lipinski definition) is 3. The molecule has 4 nitrogen and oxygen atoms in total. The Balaban J connectivity index is 2.02. The third kappa shape index (κ3) is 1.38.